The minimum absolute atomic E-state index is 0.550. The van der Waals surface area contributed by atoms with Crippen LogP contribution in [0.1, 0.15) is 68.7 Å². The molecular weight excluding hydrogens is 258 g/mol. The molecule has 1 saturated heterocycles. The third-order valence-corrected chi connectivity index (χ3v) is 5.02. The van der Waals surface area contributed by atoms with Gasteiger partial charge in [0.25, 0.3) is 0 Å². The Hall–Kier alpha value is -1.56. The number of hydrogen-bond acceptors (Lipinski definition) is 3. The van der Waals surface area contributed by atoms with Gasteiger partial charge in [-0.15, -0.1) is 0 Å². The van der Waals surface area contributed by atoms with Crippen LogP contribution in [-0.4, -0.2) is 17.6 Å². The fraction of sp³-hybridized carbons (Fsp3) is 0.667. The maximum absolute atomic E-state index is 9.56. The largest absolute Gasteiger partial charge is 0.353 e. The van der Waals surface area contributed by atoms with Gasteiger partial charge in [0.15, 0.2) is 0 Å². The van der Waals surface area contributed by atoms with E-state index >= 15 is 0 Å². The number of nitriles is 1. The number of fused-ring (bicyclic) bond motifs is 1. The van der Waals surface area contributed by atoms with Gasteiger partial charge in [0, 0.05) is 18.3 Å². The summed E-state index contributed by atoms with van der Waals surface area (Å²) in [6.07, 6.45) is 10.9. The lowest BCUT2D eigenvalue weighted by Gasteiger charge is -2.32. The van der Waals surface area contributed by atoms with E-state index in [-0.39, 0.29) is 0 Å². The highest BCUT2D eigenvalue weighted by Gasteiger charge is 2.25. The summed E-state index contributed by atoms with van der Waals surface area (Å²) in [5.41, 5.74) is 3.34. The first-order valence-corrected chi connectivity index (χ1v) is 8.53. The van der Waals surface area contributed by atoms with Crippen LogP contribution >= 0.6 is 0 Å². The van der Waals surface area contributed by atoms with E-state index in [0.717, 1.165) is 37.2 Å². The molecule has 1 aliphatic carbocycles. The van der Waals surface area contributed by atoms with E-state index in [0.29, 0.717) is 6.04 Å². The van der Waals surface area contributed by atoms with E-state index in [1.54, 1.807) is 0 Å². The second-order valence-electron chi connectivity index (χ2n) is 6.39. The summed E-state index contributed by atoms with van der Waals surface area (Å²) in [4.78, 5) is 7.38. The highest BCUT2D eigenvalue weighted by molar-refractivity contribution is 5.57. The van der Waals surface area contributed by atoms with Crippen LogP contribution in [0.3, 0.4) is 0 Å². The Morgan fingerprint density at radius 1 is 1.24 bits per heavy atom. The predicted octanol–water partition coefficient (Wildman–Crippen LogP) is 3.99. The van der Waals surface area contributed by atoms with Gasteiger partial charge in [-0.25, -0.2) is 4.98 Å². The minimum atomic E-state index is 0.550. The third kappa shape index (κ3) is 2.90. The zero-order chi connectivity index (χ0) is 14.7. The molecule has 0 saturated carbocycles. The Balaban J connectivity index is 2.01. The molecule has 1 unspecified atom stereocenters. The Bertz CT molecular complexity index is 544. The van der Waals surface area contributed by atoms with Crippen molar-refractivity contribution in [1.82, 2.24) is 4.98 Å². The quantitative estimate of drug-likeness (QED) is 0.824. The summed E-state index contributed by atoms with van der Waals surface area (Å²) in [7, 11) is 0. The van der Waals surface area contributed by atoms with E-state index < -0.39 is 0 Å². The van der Waals surface area contributed by atoms with Crippen LogP contribution in [0.4, 0.5) is 5.82 Å². The highest BCUT2D eigenvalue weighted by Crippen LogP contribution is 2.30. The van der Waals surface area contributed by atoms with E-state index in [4.69, 9.17) is 4.98 Å². The smallest absolute Gasteiger partial charge is 0.147 e. The lowest BCUT2D eigenvalue weighted by molar-refractivity contribution is 0.549. The van der Waals surface area contributed by atoms with Crippen molar-refractivity contribution >= 4 is 5.82 Å². The average Bonchev–Trinajstić information content (AvgIpc) is 2.78. The SMILES string of the molecule is CCC1CCCCCN1c1nc2c(cc1C#N)CCCC2. The van der Waals surface area contributed by atoms with Crippen LogP contribution in [0.5, 0.6) is 0 Å². The Morgan fingerprint density at radius 2 is 2.10 bits per heavy atom. The maximum atomic E-state index is 9.56. The molecule has 3 heteroatoms. The van der Waals surface area contributed by atoms with Gasteiger partial charge in [-0.05, 0) is 56.6 Å². The van der Waals surface area contributed by atoms with Gasteiger partial charge in [0.2, 0.25) is 0 Å². The number of aromatic nitrogens is 1. The van der Waals surface area contributed by atoms with E-state index in [2.05, 4.69) is 24.0 Å². The number of pyridine rings is 1. The molecule has 0 radical (unpaired) electrons. The molecule has 3 rings (SSSR count). The molecule has 1 aromatic heterocycles. The zero-order valence-corrected chi connectivity index (χ0v) is 13.1. The second kappa shape index (κ2) is 6.47. The molecule has 2 aliphatic rings. The van der Waals surface area contributed by atoms with Gasteiger partial charge in [0.1, 0.15) is 11.9 Å². The molecule has 0 bridgehead atoms. The molecule has 1 fully saturated rings. The number of rotatable bonds is 2. The standard InChI is InChI=1S/C18H25N3/c1-2-16-9-4-3-7-11-21(16)18-15(13-19)12-14-8-5-6-10-17(14)20-18/h12,16H,2-11H2,1H3. The molecule has 21 heavy (non-hydrogen) atoms. The number of anilines is 1. The molecule has 112 valence electrons. The summed E-state index contributed by atoms with van der Waals surface area (Å²) < 4.78 is 0. The summed E-state index contributed by atoms with van der Waals surface area (Å²) >= 11 is 0. The first kappa shape index (κ1) is 14.4. The fourth-order valence-corrected chi connectivity index (χ4v) is 3.80. The van der Waals surface area contributed by atoms with Crippen LogP contribution < -0.4 is 4.90 Å². The molecule has 1 aromatic rings. The van der Waals surface area contributed by atoms with Crippen LogP contribution in [0.15, 0.2) is 6.07 Å². The van der Waals surface area contributed by atoms with E-state index in [9.17, 15) is 5.26 Å². The van der Waals surface area contributed by atoms with Crippen LogP contribution in [0, 0.1) is 11.3 Å². The summed E-state index contributed by atoms with van der Waals surface area (Å²) in [6.45, 7) is 3.31. The van der Waals surface area contributed by atoms with Crippen molar-refractivity contribution in [3.8, 4) is 6.07 Å². The van der Waals surface area contributed by atoms with Crippen molar-refractivity contribution in [3.05, 3.63) is 22.9 Å². The van der Waals surface area contributed by atoms with Crippen LogP contribution in [0.25, 0.3) is 0 Å². The number of nitrogens with zero attached hydrogens (tertiary/aromatic N) is 3. The normalized spacial score (nSPS) is 22.3. The van der Waals surface area contributed by atoms with Gasteiger partial charge >= 0.3 is 0 Å². The first-order chi connectivity index (χ1) is 10.3. The van der Waals surface area contributed by atoms with Crippen LogP contribution in [-0.2, 0) is 12.8 Å². The molecule has 0 N–H and O–H groups in total. The van der Waals surface area contributed by atoms with Gasteiger partial charge in [0.05, 0.1) is 5.56 Å². The Labute approximate surface area is 128 Å². The van der Waals surface area contributed by atoms with Gasteiger partial charge < -0.3 is 4.90 Å². The van der Waals surface area contributed by atoms with E-state index in [1.807, 2.05) is 0 Å². The second-order valence-corrected chi connectivity index (χ2v) is 6.39. The molecule has 1 aliphatic heterocycles. The molecule has 1 atom stereocenters. The predicted molar refractivity (Wildman–Crippen MR) is 85.5 cm³/mol. The van der Waals surface area contributed by atoms with Crippen molar-refractivity contribution in [3.63, 3.8) is 0 Å². The molecule has 0 aromatic carbocycles. The third-order valence-electron chi connectivity index (χ3n) is 5.02. The van der Waals surface area contributed by atoms with E-state index in [1.165, 1.54) is 49.8 Å². The summed E-state index contributed by atoms with van der Waals surface area (Å²) in [5.74, 6) is 0.965. The Kier molecular flexibility index (Phi) is 4.43. The highest BCUT2D eigenvalue weighted by atomic mass is 15.2. The molecular formula is C18H25N3. The Morgan fingerprint density at radius 3 is 2.90 bits per heavy atom. The van der Waals surface area contributed by atoms with Gasteiger partial charge in [-0.3, -0.25) is 0 Å². The topological polar surface area (TPSA) is 39.9 Å². The number of hydrogen-bond donors (Lipinski definition) is 0. The fourth-order valence-electron chi connectivity index (χ4n) is 3.80. The van der Waals surface area contributed by atoms with Crippen molar-refractivity contribution < 1.29 is 0 Å². The average molecular weight is 283 g/mol. The van der Waals surface area contributed by atoms with Crippen molar-refractivity contribution in [2.75, 3.05) is 11.4 Å². The lowest BCUT2D eigenvalue weighted by Crippen LogP contribution is -2.36. The maximum Gasteiger partial charge on any atom is 0.147 e. The minimum Gasteiger partial charge on any atom is -0.353 e. The number of aryl methyl sites for hydroxylation is 2. The van der Waals surface area contributed by atoms with Gasteiger partial charge in [-0.1, -0.05) is 19.8 Å². The monoisotopic (exact) mass is 283 g/mol. The molecule has 3 nitrogen and oxygen atoms in total. The summed E-state index contributed by atoms with van der Waals surface area (Å²) in [6, 6.07) is 5.07. The summed E-state index contributed by atoms with van der Waals surface area (Å²) in [5, 5.41) is 9.56. The molecule has 0 spiro atoms. The van der Waals surface area contributed by atoms with Crippen molar-refractivity contribution in [1.29, 1.82) is 5.26 Å². The molecule has 0 amide bonds. The van der Waals surface area contributed by atoms with Gasteiger partial charge in [-0.2, -0.15) is 5.26 Å². The zero-order valence-electron chi connectivity index (χ0n) is 13.1. The van der Waals surface area contributed by atoms with Crippen LogP contribution in [0.2, 0.25) is 0 Å². The first-order valence-electron chi connectivity index (χ1n) is 8.53. The van der Waals surface area contributed by atoms with Crippen molar-refractivity contribution in [2.45, 2.75) is 70.8 Å². The lowest BCUT2D eigenvalue weighted by atomic mass is 9.94. The molecule has 2 heterocycles. The van der Waals surface area contributed by atoms with Crippen molar-refractivity contribution in [2.24, 2.45) is 0 Å².